The fourth-order valence-corrected chi connectivity index (χ4v) is 3.32. The summed E-state index contributed by atoms with van der Waals surface area (Å²) in [6.45, 7) is 8.17. The van der Waals surface area contributed by atoms with Crippen LogP contribution in [-0.4, -0.2) is 57.3 Å². The van der Waals surface area contributed by atoms with Gasteiger partial charge in [-0.15, -0.1) is 0 Å². The molecule has 2 heterocycles. The zero-order valence-electron chi connectivity index (χ0n) is 16.0. The Morgan fingerprint density at radius 2 is 1.18 bits per heavy atom. The van der Waals surface area contributed by atoms with Crippen LogP contribution in [0, 0.1) is 10.1 Å². The van der Waals surface area contributed by atoms with Crippen molar-refractivity contribution >= 4 is 22.7 Å². The molecule has 4 N–H and O–H groups in total. The zero-order chi connectivity index (χ0) is 19.8. The lowest BCUT2D eigenvalue weighted by Gasteiger charge is -2.29. The van der Waals surface area contributed by atoms with E-state index in [1.807, 2.05) is 24.3 Å². The fourth-order valence-electron chi connectivity index (χ4n) is 3.32. The van der Waals surface area contributed by atoms with E-state index in [4.69, 9.17) is 5.73 Å². The normalized spacial score (nSPS) is 16.9. The van der Waals surface area contributed by atoms with Gasteiger partial charge in [-0.25, -0.2) is 0 Å². The summed E-state index contributed by atoms with van der Waals surface area (Å²) in [5.41, 5.74) is 8.94. The fraction of sp³-hybridized carbons (Fsp3) is 0.400. The zero-order valence-corrected chi connectivity index (χ0v) is 16.0. The molecule has 2 fully saturated rings. The average molecular weight is 387 g/mol. The second-order valence-corrected chi connectivity index (χ2v) is 6.84. The molecule has 2 saturated heterocycles. The molecular weight excluding hydrogens is 356 g/mol. The lowest BCUT2D eigenvalue weighted by molar-refractivity contribution is -0.384. The number of anilines is 3. The quantitative estimate of drug-likeness (QED) is 0.421. The van der Waals surface area contributed by atoms with Crippen LogP contribution >= 0.6 is 0 Å². The van der Waals surface area contributed by atoms with Gasteiger partial charge in [0.1, 0.15) is 0 Å². The third-order valence-electron chi connectivity index (χ3n) is 4.92. The third kappa shape index (κ3) is 5.58. The molecule has 2 aliphatic heterocycles. The first-order valence-electron chi connectivity index (χ1n) is 9.65. The minimum absolute atomic E-state index is 0. The Labute approximate surface area is 166 Å². The summed E-state index contributed by atoms with van der Waals surface area (Å²) in [6, 6.07) is 14.8. The summed E-state index contributed by atoms with van der Waals surface area (Å²) >= 11 is 0. The second-order valence-electron chi connectivity index (χ2n) is 6.84. The first kappa shape index (κ1) is 19.9. The molecule has 0 bridgehead atoms. The van der Waals surface area contributed by atoms with Crippen molar-refractivity contribution in [3.63, 3.8) is 0 Å². The summed E-state index contributed by atoms with van der Waals surface area (Å²) in [4.78, 5) is 14.7. The van der Waals surface area contributed by atoms with E-state index in [0.29, 0.717) is 0 Å². The van der Waals surface area contributed by atoms with Crippen molar-refractivity contribution in [1.82, 2.24) is 10.6 Å². The first-order valence-corrected chi connectivity index (χ1v) is 9.65. The highest BCUT2D eigenvalue weighted by atomic mass is 16.6. The molecule has 0 saturated carbocycles. The second kappa shape index (κ2) is 9.91. The van der Waals surface area contributed by atoms with E-state index < -0.39 is 0 Å². The van der Waals surface area contributed by atoms with Crippen LogP contribution in [0.5, 0.6) is 0 Å². The summed E-state index contributed by atoms with van der Waals surface area (Å²) in [5, 5.41) is 17.1. The minimum atomic E-state index is -0.373. The van der Waals surface area contributed by atoms with Crippen LogP contribution in [0.25, 0.3) is 0 Å². The summed E-state index contributed by atoms with van der Waals surface area (Å²) in [6.07, 6.45) is 0. The summed E-state index contributed by atoms with van der Waals surface area (Å²) in [7, 11) is 0. The van der Waals surface area contributed by atoms with Crippen LogP contribution in [-0.2, 0) is 0 Å². The van der Waals surface area contributed by atoms with Crippen LogP contribution in [0.4, 0.5) is 22.7 Å². The van der Waals surface area contributed by atoms with Gasteiger partial charge in [-0.3, -0.25) is 10.1 Å². The molecule has 2 aliphatic rings. The molecular formula is C20H30N6O2. The van der Waals surface area contributed by atoms with Crippen LogP contribution in [0.1, 0.15) is 1.43 Å². The van der Waals surface area contributed by atoms with E-state index in [1.54, 1.807) is 12.1 Å². The number of piperazine rings is 2. The van der Waals surface area contributed by atoms with Crippen molar-refractivity contribution in [3.8, 4) is 0 Å². The van der Waals surface area contributed by atoms with Crippen molar-refractivity contribution in [2.75, 3.05) is 67.9 Å². The molecule has 0 amide bonds. The van der Waals surface area contributed by atoms with Gasteiger partial charge in [0.15, 0.2) is 0 Å². The SMILES string of the molecule is Nc1ccc(N2CCNCC2)cc1.O=[N+]([O-])c1ccc(N2CCNCC2)cc1.[HH]. The van der Waals surface area contributed by atoms with Gasteiger partial charge in [0.25, 0.3) is 5.69 Å². The maximum atomic E-state index is 10.5. The lowest BCUT2D eigenvalue weighted by atomic mass is 10.2. The van der Waals surface area contributed by atoms with Crippen LogP contribution in [0.2, 0.25) is 0 Å². The van der Waals surface area contributed by atoms with Crippen LogP contribution < -0.4 is 26.2 Å². The van der Waals surface area contributed by atoms with E-state index in [2.05, 4.69) is 32.6 Å². The predicted molar refractivity (Wildman–Crippen MR) is 116 cm³/mol. The topological polar surface area (TPSA) is 99.7 Å². The number of hydrogen-bond donors (Lipinski definition) is 3. The molecule has 0 aliphatic carbocycles. The van der Waals surface area contributed by atoms with Crippen molar-refractivity contribution in [1.29, 1.82) is 0 Å². The van der Waals surface area contributed by atoms with Gasteiger partial charge in [-0.1, -0.05) is 0 Å². The molecule has 0 radical (unpaired) electrons. The molecule has 28 heavy (non-hydrogen) atoms. The van der Waals surface area contributed by atoms with E-state index in [0.717, 1.165) is 63.7 Å². The number of benzene rings is 2. The number of nitrogen functional groups attached to an aromatic ring is 1. The number of nitrogens with one attached hydrogen (secondary N) is 2. The molecule has 2 aromatic rings. The Balaban J connectivity index is 0.000000202. The third-order valence-corrected chi connectivity index (χ3v) is 4.92. The van der Waals surface area contributed by atoms with Gasteiger partial charge >= 0.3 is 0 Å². The van der Waals surface area contributed by atoms with Gasteiger partial charge in [0, 0.05) is 83.0 Å². The molecule has 0 unspecified atom stereocenters. The highest BCUT2D eigenvalue weighted by Gasteiger charge is 2.12. The summed E-state index contributed by atoms with van der Waals surface area (Å²) < 4.78 is 0. The van der Waals surface area contributed by atoms with Crippen molar-refractivity contribution in [2.24, 2.45) is 0 Å². The van der Waals surface area contributed by atoms with E-state index in [1.165, 1.54) is 5.69 Å². The minimum Gasteiger partial charge on any atom is -0.399 e. The molecule has 2 aromatic carbocycles. The molecule has 0 spiro atoms. The molecule has 4 rings (SSSR count). The Kier molecular flexibility index (Phi) is 7.05. The van der Waals surface area contributed by atoms with Gasteiger partial charge in [0.2, 0.25) is 0 Å². The van der Waals surface area contributed by atoms with Crippen molar-refractivity contribution in [3.05, 3.63) is 58.6 Å². The van der Waals surface area contributed by atoms with Gasteiger partial charge in [-0.2, -0.15) is 0 Å². The van der Waals surface area contributed by atoms with E-state index >= 15 is 0 Å². The number of nitrogens with zero attached hydrogens (tertiary/aromatic N) is 3. The van der Waals surface area contributed by atoms with E-state index in [-0.39, 0.29) is 12.0 Å². The van der Waals surface area contributed by atoms with Crippen molar-refractivity contribution in [2.45, 2.75) is 0 Å². The monoisotopic (exact) mass is 386 g/mol. The molecule has 152 valence electrons. The Bertz CT molecular complexity index is 745. The number of hydrogen-bond acceptors (Lipinski definition) is 7. The van der Waals surface area contributed by atoms with Crippen LogP contribution in [0.3, 0.4) is 0 Å². The molecule has 8 nitrogen and oxygen atoms in total. The number of nitro benzene ring substituents is 1. The predicted octanol–water partition coefficient (Wildman–Crippen LogP) is 1.93. The molecule has 0 aromatic heterocycles. The average Bonchev–Trinajstić information content (AvgIpc) is 2.76. The number of rotatable bonds is 3. The Hall–Kier alpha value is -2.84. The van der Waals surface area contributed by atoms with E-state index in [9.17, 15) is 10.1 Å². The number of non-ortho nitro benzene ring substituents is 1. The van der Waals surface area contributed by atoms with Gasteiger partial charge in [-0.05, 0) is 36.4 Å². The highest BCUT2D eigenvalue weighted by molar-refractivity contribution is 5.53. The maximum absolute atomic E-state index is 10.5. The smallest absolute Gasteiger partial charge is 0.269 e. The summed E-state index contributed by atoms with van der Waals surface area (Å²) in [5.74, 6) is 0. The van der Waals surface area contributed by atoms with Crippen LogP contribution in [0.15, 0.2) is 48.5 Å². The largest absolute Gasteiger partial charge is 0.399 e. The number of nitro groups is 1. The first-order chi connectivity index (χ1) is 13.6. The lowest BCUT2D eigenvalue weighted by Crippen LogP contribution is -2.43. The van der Waals surface area contributed by atoms with Gasteiger partial charge < -0.3 is 26.2 Å². The molecule has 8 heteroatoms. The standard InChI is InChI=1S/C10H13N3O2.C10H15N3.H2/c14-13(15)10-3-1-9(2-4-10)12-7-5-11-6-8-12;11-9-1-3-10(4-2-9)13-7-5-12-6-8-13;/h1-4,11H,5-8H2;1-4,12H,5-8,11H2;1H. The van der Waals surface area contributed by atoms with Crippen molar-refractivity contribution < 1.29 is 6.35 Å². The molecule has 0 atom stereocenters. The number of nitrogens with two attached hydrogens (primary N) is 1. The Morgan fingerprint density at radius 1 is 0.786 bits per heavy atom. The Morgan fingerprint density at radius 3 is 1.57 bits per heavy atom. The van der Waals surface area contributed by atoms with Gasteiger partial charge in [0.05, 0.1) is 4.92 Å². The highest BCUT2D eigenvalue weighted by Crippen LogP contribution is 2.19. The maximum Gasteiger partial charge on any atom is 0.269 e.